The molecule has 1 N–H and O–H groups in total. The van der Waals surface area contributed by atoms with Crippen LogP contribution >= 0.6 is 0 Å². The molecule has 1 amide bonds. The maximum Gasteiger partial charge on any atom is 0.254 e. The largest absolute Gasteiger partial charge is 0.358 e. The molecule has 0 aliphatic carbocycles. The van der Waals surface area contributed by atoms with Crippen LogP contribution in [0.25, 0.3) is 10.9 Å². The summed E-state index contributed by atoms with van der Waals surface area (Å²) in [5.74, 6) is -0.761. The molecule has 0 saturated heterocycles. The number of amides is 1. The summed E-state index contributed by atoms with van der Waals surface area (Å²) in [5, 5.41) is 0.943. The SMILES string of the molecule is O=C(c1ccc(F)cc1)N1CCc2[nH]c3cc(F)ccc3c2C1. The number of hydrogen-bond donors (Lipinski definition) is 1. The van der Waals surface area contributed by atoms with E-state index in [1.165, 1.54) is 36.4 Å². The topological polar surface area (TPSA) is 36.1 Å². The summed E-state index contributed by atoms with van der Waals surface area (Å²) in [6, 6.07) is 10.2. The molecule has 0 fully saturated rings. The van der Waals surface area contributed by atoms with Crippen LogP contribution < -0.4 is 0 Å². The molecule has 0 spiro atoms. The van der Waals surface area contributed by atoms with Crippen LogP contribution in [0, 0.1) is 11.6 Å². The fourth-order valence-electron chi connectivity index (χ4n) is 3.14. The van der Waals surface area contributed by atoms with Gasteiger partial charge >= 0.3 is 0 Å². The molecule has 1 aliphatic rings. The monoisotopic (exact) mass is 312 g/mol. The molecule has 116 valence electrons. The van der Waals surface area contributed by atoms with Crippen LogP contribution in [-0.2, 0) is 13.0 Å². The molecular weight excluding hydrogens is 298 g/mol. The van der Waals surface area contributed by atoms with E-state index in [1.807, 2.05) is 0 Å². The van der Waals surface area contributed by atoms with Gasteiger partial charge in [0.05, 0.1) is 0 Å². The number of fused-ring (bicyclic) bond motifs is 3. The van der Waals surface area contributed by atoms with Crippen LogP contribution in [0.3, 0.4) is 0 Å². The van der Waals surface area contributed by atoms with Gasteiger partial charge in [-0.05, 0) is 42.5 Å². The molecule has 0 bridgehead atoms. The number of carbonyl (C=O) groups is 1. The van der Waals surface area contributed by atoms with E-state index in [9.17, 15) is 13.6 Å². The lowest BCUT2D eigenvalue weighted by atomic mass is 10.0. The van der Waals surface area contributed by atoms with Crippen molar-refractivity contribution in [2.75, 3.05) is 6.54 Å². The molecule has 23 heavy (non-hydrogen) atoms. The van der Waals surface area contributed by atoms with Crippen molar-refractivity contribution >= 4 is 16.8 Å². The van der Waals surface area contributed by atoms with Crippen molar-refractivity contribution in [3.63, 3.8) is 0 Å². The molecule has 3 aromatic rings. The van der Waals surface area contributed by atoms with Crippen LogP contribution in [0.5, 0.6) is 0 Å². The van der Waals surface area contributed by atoms with Crippen molar-refractivity contribution in [3.8, 4) is 0 Å². The van der Waals surface area contributed by atoms with E-state index < -0.39 is 0 Å². The summed E-state index contributed by atoms with van der Waals surface area (Å²) >= 11 is 0. The minimum Gasteiger partial charge on any atom is -0.358 e. The van der Waals surface area contributed by atoms with E-state index in [2.05, 4.69) is 4.98 Å². The summed E-state index contributed by atoms with van der Waals surface area (Å²) in [5.41, 5.74) is 3.31. The number of halogens is 2. The average Bonchev–Trinajstić information content (AvgIpc) is 2.91. The number of aromatic amines is 1. The van der Waals surface area contributed by atoms with Gasteiger partial charge in [0, 0.05) is 47.2 Å². The van der Waals surface area contributed by atoms with Crippen molar-refractivity contribution in [2.24, 2.45) is 0 Å². The smallest absolute Gasteiger partial charge is 0.254 e. The normalized spacial score (nSPS) is 14.1. The van der Waals surface area contributed by atoms with E-state index in [4.69, 9.17) is 0 Å². The molecule has 1 aliphatic heterocycles. The van der Waals surface area contributed by atoms with E-state index in [1.54, 1.807) is 11.0 Å². The lowest BCUT2D eigenvalue weighted by molar-refractivity contribution is 0.0735. The third kappa shape index (κ3) is 2.38. The molecule has 0 saturated carbocycles. The third-order valence-corrected chi connectivity index (χ3v) is 4.32. The van der Waals surface area contributed by atoms with Gasteiger partial charge in [-0.3, -0.25) is 4.79 Å². The highest BCUT2D eigenvalue weighted by molar-refractivity contribution is 5.95. The van der Waals surface area contributed by atoms with Crippen LogP contribution in [0.2, 0.25) is 0 Å². The van der Waals surface area contributed by atoms with E-state index in [0.29, 0.717) is 25.1 Å². The first-order chi connectivity index (χ1) is 11.1. The Morgan fingerprint density at radius 2 is 1.78 bits per heavy atom. The fourth-order valence-corrected chi connectivity index (χ4v) is 3.14. The summed E-state index contributed by atoms with van der Waals surface area (Å²) in [6.07, 6.45) is 0.693. The van der Waals surface area contributed by atoms with Gasteiger partial charge in [0.1, 0.15) is 11.6 Å². The number of nitrogens with zero attached hydrogens (tertiary/aromatic N) is 1. The zero-order valence-corrected chi connectivity index (χ0v) is 12.3. The maximum atomic E-state index is 13.3. The Bertz CT molecular complexity index is 899. The standard InChI is InChI=1S/C18H14F2N2O/c19-12-3-1-11(2-4-12)18(23)22-8-7-16-15(10-22)14-6-5-13(20)9-17(14)21-16/h1-6,9,21H,7-8,10H2. The van der Waals surface area contributed by atoms with Crippen LogP contribution in [0.15, 0.2) is 42.5 Å². The molecule has 2 aromatic carbocycles. The lowest BCUT2D eigenvalue weighted by Gasteiger charge is -2.27. The molecule has 2 heterocycles. The molecular formula is C18H14F2N2O. The predicted octanol–water partition coefficient (Wildman–Crippen LogP) is 3.64. The first-order valence-electron chi connectivity index (χ1n) is 7.45. The molecule has 5 heteroatoms. The molecule has 1 aromatic heterocycles. The van der Waals surface area contributed by atoms with Gasteiger partial charge < -0.3 is 9.88 Å². The number of nitrogens with one attached hydrogen (secondary N) is 1. The predicted molar refractivity (Wildman–Crippen MR) is 83.1 cm³/mol. The Kier molecular flexibility index (Phi) is 3.15. The Hall–Kier alpha value is -2.69. The zero-order chi connectivity index (χ0) is 16.0. The van der Waals surface area contributed by atoms with Crippen LogP contribution in [0.1, 0.15) is 21.6 Å². The summed E-state index contributed by atoms with van der Waals surface area (Å²) in [7, 11) is 0. The van der Waals surface area contributed by atoms with E-state index >= 15 is 0 Å². The number of hydrogen-bond acceptors (Lipinski definition) is 1. The van der Waals surface area contributed by atoms with Crippen molar-refractivity contribution in [2.45, 2.75) is 13.0 Å². The van der Waals surface area contributed by atoms with Crippen molar-refractivity contribution in [1.82, 2.24) is 9.88 Å². The first-order valence-corrected chi connectivity index (χ1v) is 7.45. The number of aromatic nitrogens is 1. The van der Waals surface area contributed by atoms with Crippen LogP contribution in [0.4, 0.5) is 8.78 Å². The summed E-state index contributed by atoms with van der Waals surface area (Å²) in [6.45, 7) is 1.05. The highest BCUT2D eigenvalue weighted by atomic mass is 19.1. The second kappa shape index (κ2) is 5.19. The minimum absolute atomic E-state index is 0.118. The van der Waals surface area contributed by atoms with Gasteiger partial charge in [-0.25, -0.2) is 8.78 Å². The Labute approximate surface area is 131 Å². The maximum absolute atomic E-state index is 13.3. The third-order valence-electron chi connectivity index (χ3n) is 4.32. The highest BCUT2D eigenvalue weighted by Gasteiger charge is 2.24. The van der Waals surface area contributed by atoms with E-state index in [0.717, 1.165) is 22.2 Å². The van der Waals surface area contributed by atoms with Crippen LogP contribution in [-0.4, -0.2) is 22.3 Å². The van der Waals surface area contributed by atoms with Gasteiger partial charge in [0.2, 0.25) is 0 Å². The minimum atomic E-state index is -0.360. The highest BCUT2D eigenvalue weighted by Crippen LogP contribution is 2.28. The van der Waals surface area contributed by atoms with Crippen molar-refractivity contribution in [3.05, 3.63) is 70.9 Å². The molecule has 4 rings (SSSR count). The van der Waals surface area contributed by atoms with Crippen molar-refractivity contribution in [1.29, 1.82) is 0 Å². The number of H-pyrrole nitrogens is 1. The number of benzene rings is 2. The van der Waals surface area contributed by atoms with Gasteiger partial charge in [-0.1, -0.05) is 0 Å². The molecule has 0 atom stereocenters. The first kappa shape index (κ1) is 13.9. The van der Waals surface area contributed by atoms with E-state index in [-0.39, 0.29) is 17.5 Å². The average molecular weight is 312 g/mol. The van der Waals surface area contributed by atoms with Gasteiger partial charge in [-0.15, -0.1) is 0 Å². The second-order valence-corrected chi connectivity index (χ2v) is 5.76. The number of rotatable bonds is 1. The van der Waals surface area contributed by atoms with Crippen molar-refractivity contribution < 1.29 is 13.6 Å². The second-order valence-electron chi connectivity index (χ2n) is 5.76. The Morgan fingerprint density at radius 1 is 1.04 bits per heavy atom. The summed E-state index contributed by atoms with van der Waals surface area (Å²) < 4.78 is 26.3. The summed E-state index contributed by atoms with van der Waals surface area (Å²) in [4.78, 5) is 17.5. The molecule has 3 nitrogen and oxygen atoms in total. The Morgan fingerprint density at radius 3 is 2.57 bits per heavy atom. The fraction of sp³-hybridized carbons (Fsp3) is 0.167. The molecule has 0 unspecified atom stereocenters. The molecule has 0 radical (unpaired) electrons. The van der Waals surface area contributed by atoms with Gasteiger partial charge in [0.25, 0.3) is 5.91 Å². The number of carbonyl (C=O) groups excluding carboxylic acids is 1. The lowest BCUT2D eigenvalue weighted by Crippen LogP contribution is -2.35. The van der Waals surface area contributed by atoms with Gasteiger partial charge in [0.15, 0.2) is 0 Å². The Balaban J connectivity index is 1.66. The van der Waals surface area contributed by atoms with Gasteiger partial charge in [-0.2, -0.15) is 0 Å². The quantitative estimate of drug-likeness (QED) is 0.731. The zero-order valence-electron chi connectivity index (χ0n) is 12.3.